The van der Waals surface area contributed by atoms with Crippen LogP contribution in [0.1, 0.15) is 43.0 Å². The lowest BCUT2D eigenvalue weighted by molar-refractivity contribution is -0.116. The minimum Gasteiger partial charge on any atom is -0.348 e. The van der Waals surface area contributed by atoms with Gasteiger partial charge in [-0.1, -0.05) is 57.2 Å². The van der Waals surface area contributed by atoms with Crippen molar-refractivity contribution in [3.05, 3.63) is 70.8 Å². The SMILES string of the molecule is Cc1cc(CNC(=O)/C=C/c2ccc(C(C)(C)C)cc2)ccc1NS(C)(=O)=O. The van der Waals surface area contributed by atoms with Gasteiger partial charge in [0.05, 0.1) is 11.9 Å². The van der Waals surface area contributed by atoms with Gasteiger partial charge in [-0.2, -0.15) is 0 Å². The maximum Gasteiger partial charge on any atom is 0.244 e. The first-order valence-electron chi connectivity index (χ1n) is 9.08. The van der Waals surface area contributed by atoms with Crippen molar-refractivity contribution < 1.29 is 13.2 Å². The van der Waals surface area contributed by atoms with Crippen LogP contribution in [0.3, 0.4) is 0 Å². The normalized spacial score (nSPS) is 12.2. The molecule has 6 heteroatoms. The summed E-state index contributed by atoms with van der Waals surface area (Å²) in [4.78, 5) is 12.1. The van der Waals surface area contributed by atoms with E-state index in [9.17, 15) is 13.2 Å². The van der Waals surface area contributed by atoms with Gasteiger partial charge in [-0.3, -0.25) is 9.52 Å². The van der Waals surface area contributed by atoms with E-state index >= 15 is 0 Å². The van der Waals surface area contributed by atoms with Crippen LogP contribution in [-0.2, 0) is 26.8 Å². The number of carbonyl (C=O) groups excluding carboxylic acids is 1. The highest BCUT2D eigenvalue weighted by Crippen LogP contribution is 2.22. The number of hydrogen-bond acceptors (Lipinski definition) is 3. The van der Waals surface area contributed by atoms with E-state index in [4.69, 9.17) is 0 Å². The summed E-state index contributed by atoms with van der Waals surface area (Å²) >= 11 is 0. The summed E-state index contributed by atoms with van der Waals surface area (Å²) in [7, 11) is -3.31. The van der Waals surface area contributed by atoms with Crippen LogP contribution < -0.4 is 10.0 Å². The second-order valence-corrected chi connectivity index (χ2v) is 9.70. The van der Waals surface area contributed by atoms with E-state index in [0.717, 1.165) is 22.9 Å². The van der Waals surface area contributed by atoms with Gasteiger partial charge in [-0.05, 0) is 46.7 Å². The van der Waals surface area contributed by atoms with Gasteiger partial charge in [0.25, 0.3) is 0 Å². The molecule has 0 fully saturated rings. The van der Waals surface area contributed by atoms with E-state index in [2.05, 4.69) is 42.9 Å². The van der Waals surface area contributed by atoms with Crippen LogP contribution in [-0.4, -0.2) is 20.6 Å². The number of carbonyl (C=O) groups is 1. The summed E-state index contributed by atoms with van der Waals surface area (Å²) < 4.78 is 25.1. The molecular weight excluding hydrogens is 372 g/mol. The minimum atomic E-state index is -3.31. The number of rotatable bonds is 6. The molecule has 0 radical (unpaired) electrons. The lowest BCUT2D eigenvalue weighted by atomic mass is 9.87. The maximum absolute atomic E-state index is 12.1. The summed E-state index contributed by atoms with van der Waals surface area (Å²) in [6.07, 6.45) is 4.41. The molecular formula is C22H28N2O3S. The van der Waals surface area contributed by atoms with E-state index in [1.54, 1.807) is 18.2 Å². The highest BCUT2D eigenvalue weighted by atomic mass is 32.2. The molecule has 2 aromatic carbocycles. The van der Waals surface area contributed by atoms with Crippen LogP contribution in [0.4, 0.5) is 5.69 Å². The first-order valence-corrected chi connectivity index (χ1v) is 11.0. The monoisotopic (exact) mass is 400 g/mol. The molecule has 0 aliphatic carbocycles. The lowest BCUT2D eigenvalue weighted by Gasteiger charge is -2.18. The Balaban J connectivity index is 1.93. The molecule has 0 aromatic heterocycles. The number of amides is 1. The summed E-state index contributed by atoms with van der Waals surface area (Å²) in [5.74, 6) is -0.184. The van der Waals surface area contributed by atoms with Crippen molar-refractivity contribution in [3.8, 4) is 0 Å². The van der Waals surface area contributed by atoms with Gasteiger partial charge in [0.15, 0.2) is 0 Å². The molecule has 0 heterocycles. The summed E-state index contributed by atoms with van der Waals surface area (Å²) in [6, 6.07) is 13.5. The molecule has 0 saturated heterocycles. The maximum atomic E-state index is 12.1. The summed E-state index contributed by atoms with van der Waals surface area (Å²) in [5.41, 5.74) is 4.55. The van der Waals surface area contributed by atoms with E-state index in [1.807, 2.05) is 25.1 Å². The fourth-order valence-corrected chi connectivity index (χ4v) is 3.29. The zero-order valence-corrected chi connectivity index (χ0v) is 17.9. The van der Waals surface area contributed by atoms with E-state index < -0.39 is 10.0 Å². The van der Waals surface area contributed by atoms with Crippen LogP contribution >= 0.6 is 0 Å². The van der Waals surface area contributed by atoms with E-state index in [1.165, 1.54) is 11.6 Å². The molecule has 5 nitrogen and oxygen atoms in total. The van der Waals surface area contributed by atoms with Crippen molar-refractivity contribution in [1.82, 2.24) is 5.32 Å². The fourth-order valence-electron chi connectivity index (χ4n) is 2.66. The highest BCUT2D eigenvalue weighted by molar-refractivity contribution is 7.92. The number of benzene rings is 2. The van der Waals surface area contributed by atoms with Crippen molar-refractivity contribution in [2.75, 3.05) is 11.0 Å². The highest BCUT2D eigenvalue weighted by Gasteiger charge is 2.12. The van der Waals surface area contributed by atoms with Crippen molar-refractivity contribution in [2.45, 2.75) is 39.7 Å². The van der Waals surface area contributed by atoms with Gasteiger partial charge >= 0.3 is 0 Å². The first-order chi connectivity index (χ1) is 12.9. The third kappa shape index (κ3) is 6.85. The molecule has 0 atom stereocenters. The molecule has 0 aliphatic rings. The van der Waals surface area contributed by atoms with E-state index in [-0.39, 0.29) is 11.3 Å². The van der Waals surface area contributed by atoms with Crippen molar-refractivity contribution in [1.29, 1.82) is 0 Å². The molecule has 0 spiro atoms. The molecule has 0 aliphatic heterocycles. The van der Waals surface area contributed by atoms with Crippen molar-refractivity contribution in [2.24, 2.45) is 0 Å². The minimum absolute atomic E-state index is 0.101. The summed E-state index contributed by atoms with van der Waals surface area (Å²) in [6.45, 7) is 8.68. The lowest BCUT2D eigenvalue weighted by Crippen LogP contribution is -2.20. The first kappa shape index (κ1) is 21.7. The van der Waals surface area contributed by atoms with Crippen LogP contribution in [0.5, 0.6) is 0 Å². The predicted molar refractivity (Wildman–Crippen MR) is 116 cm³/mol. The van der Waals surface area contributed by atoms with Gasteiger partial charge in [0.1, 0.15) is 0 Å². The number of anilines is 1. The van der Waals surface area contributed by atoms with Gasteiger partial charge in [0.2, 0.25) is 15.9 Å². The Bertz CT molecular complexity index is 970. The molecule has 28 heavy (non-hydrogen) atoms. The summed E-state index contributed by atoms with van der Waals surface area (Å²) in [5, 5.41) is 2.84. The topological polar surface area (TPSA) is 75.3 Å². The Morgan fingerprint density at radius 1 is 1.07 bits per heavy atom. The number of nitrogens with one attached hydrogen (secondary N) is 2. The molecule has 2 rings (SSSR count). The second kappa shape index (κ2) is 8.61. The molecule has 1 amide bonds. The smallest absolute Gasteiger partial charge is 0.244 e. The Hall–Kier alpha value is -2.60. The molecule has 0 unspecified atom stereocenters. The predicted octanol–water partition coefficient (Wildman–Crippen LogP) is 3.99. The molecule has 2 aromatic rings. The average Bonchev–Trinajstić information content (AvgIpc) is 2.59. The number of aryl methyl sites for hydroxylation is 1. The van der Waals surface area contributed by atoms with Gasteiger partial charge in [-0.15, -0.1) is 0 Å². The van der Waals surface area contributed by atoms with Crippen LogP contribution in [0, 0.1) is 6.92 Å². The number of sulfonamides is 1. The van der Waals surface area contributed by atoms with Crippen LogP contribution in [0.2, 0.25) is 0 Å². The third-order valence-corrected chi connectivity index (χ3v) is 4.85. The van der Waals surface area contributed by atoms with Gasteiger partial charge in [0, 0.05) is 12.6 Å². The zero-order chi connectivity index (χ0) is 20.9. The Morgan fingerprint density at radius 2 is 1.71 bits per heavy atom. The van der Waals surface area contributed by atoms with Crippen molar-refractivity contribution in [3.63, 3.8) is 0 Å². The fraction of sp³-hybridized carbons (Fsp3) is 0.318. The van der Waals surface area contributed by atoms with Crippen LogP contribution in [0.25, 0.3) is 6.08 Å². The Morgan fingerprint density at radius 3 is 2.25 bits per heavy atom. The Labute approximate surface area is 167 Å². The van der Waals surface area contributed by atoms with E-state index in [0.29, 0.717) is 12.2 Å². The van der Waals surface area contributed by atoms with Crippen molar-refractivity contribution >= 4 is 27.7 Å². The second-order valence-electron chi connectivity index (χ2n) is 7.95. The molecule has 0 saturated carbocycles. The molecule has 150 valence electrons. The van der Waals surface area contributed by atoms with Gasteiger partial charge in [-0.25, -0.2) is 8.42 Å². The number of hydrogen-bond donors (Lipinski definition) is 2. The quantitative estimate of drug-likeness (QED) is 0.720. The Kier molecular flexibility index (Phi) is 6.67. The van der Waals surface area contributed by atoms with Crippen LogP contribution in [0.15, 0.2) is 48.5 Å². The average molecular weight is 401 g/mol. The molecule has 0 bridgehead atoms. The zero-order valence-electron chi connectivity index (χ0n) is 17.0. The van der Waals surface area contributed by atoms with Gasteiger partial charge < -0.3 is 5.32 Å². The third-order valence-electron chi connectivity index (χ3n) is 4.26. The molecule has 2 N–H and O–H groups in total. The largest absolute Gasteiger partial charge is 0.348 e. The standard InChI is InChI=1S/C22H28N2O3S/c1-16-14-18(8-12-20(16)24-28(5,26)27)15-23-21(25)13-9-17-6-10-19(11-7-17)22(2,3)4/h6-14,24H,15H2,1-5H3,(H,23,25)/b13-9+.